The first-order chi connectivity index (χ1) is 15.3. The van der Waals surface area contributed by atoms with Crippen LogP contribution in [0, 0.1) is 0 Å². The monoisotopic (exact) mass is 427 g/mol. The lowest BCUT2D eigenvalue weighted by molar-refractivity contribution is 0.246. The highest BCUT2D eigenvalue weighted by atomic mass is 32.1. The second-order valence-electron chi connectivity index (χ2n) is 7.84. The molecule has 0 atom stereocenters. The van der Waals surface area contributed by atoms with E-state index in [1.165, 1.54) is 11.1 Å². The highest BCUT2D eigenvalue weighted by Crippen LogP contribution is 2.21. The minimum absolute atomic E-state index is 0.828. The summed E-state index contributed by atoms with van der Waals surface area (Å²) >= 11 is 1.71. The largest absolute Gasteiger partial charge is 0.338 e. The van der Waals surface area contributed by atoms with Crippen molar-refractivity contribution in [1.29, 1.82) is 0 Å². The fourth-order valence-corrected chi connectivity index (χ4v) is 4.56. The van der Waals surface area contributed by atoms with E-state index in [1.807, 2.05) is 18.5 Å². The van der Waals surface area contributed by atoms with Crippen LogP contribution >= 0.6 is 11.3 Å². The first-order valence-electron chi connectivity index (χ1n) is 10.6. The minimum atomic E-state index is 0.828. The number of anilines is 1. The van der Waals surface area contributed by atoms with E-state index in [0.717, 1.165) is 62.0 Å². The predicted molar refractivity (Wildman–Crippen MR) is 126 cm³/mol. The molecule has 0 radical (unpaired) electrons. The van der Waals surface area contributed by atoms with E-state index < -0.39 is 0 Å². The zero-order valence-electron chi connectivity index (χ0n) is 17.4. The molecule has 0 amide bonds. The van der Waals surface area contributed by atoms with Gasteiger partial charge in [0.05, 0.1) is 11.4 Å². The van der Waals surface area contributed by atoms with Gasteiger partial charge in [-0.25, -0.2) is 9.97 Å². The smallest absolute Gasteiger partial charge is 0.225 e. The van der Waals surface area contributed by atoms with Crippen molar-refractivity contribution < 1.29 is 0 Å². The van der Waals surface area contributed by atoms with E-state index in [2.05, 4.69) is 79.1 Å². The van der Waals surface area contributed by atoms with Gasteiger partial charge in [0.2, 0.25) is 5.95 Å². The van der Waals surface area contributed by atoms with E-state index in [-0.39, 0.29) is 0 Å². The maximum atomic E-state index is 4.86. The van der Waals surface area contributed by atoms with Crippen molar-refractivity contribution in [3.05, 3.63) is 94.6 Å². The first-order valence-corrected chi connectivity index (χ1v) is 11.6. The summed E-state index contributed by atoms with van der Waals surface area (Å²) in [5.41, 5.74) is 5.80. The van der Waals surface area contributed by atoms with Gasteiger partial charge in [-0.1, -0.05) is 36.4 Å². The van der Waals surface area contributed by atoms with E-state index in [4.69, 9.17) is 4.98 Å². The van der Waals surface area contributed by atoms with Gasteiger partial charge in [-0.05, 0) is 34.7 Å². The third kappa shape index (κ3) is 4.98. The molecule has 0 N–H and O–H groups in total. The summed E-state index contributed by atoms with van der Waals surface area (Å²) < 4.78 is 0. The Morgan fingerprint density at radius 2 is 1.61 bits per heavy atom. The minimum Gasteiger partial charge on any atom is -0.338 e. The van der Waals surface area contributed by atoms with Crippen LogP contribution < -0.4 is 4.90 Å². The Bertz CT molecular complexity index is 1090. The van der Waals surface area contributed by atoms with Crippen molar-refractivity contribution in [3.63, 3.8) is 0 Å². The van der Waals surface area contributed by atoms with Crippen LogP contribution in [0.15, 0.2) is 77.8 Å². The molecule has 1 aliphatic rings. The summed E-state index contributed by atoms with van der Waals surface area (Å²) in [6.45, 7) is 4.71. The number of hydrogen-bond acceptors (Lipinski definition) is 6. The van der Waals surface area contributed by atoms with Crippen molar-refractivity contribution >= 4 is 17.3 Å². The Balaban J connectivity index is 1.16. The quantitative estimate of drug-likeness (QED) is 0.453. The molecule has 3 aromatic heterocycles. The number of aromatic nitrogens is 3. The molecule has 5 rings (SSSR count). The van der Waals surface area contributed by atoms with E-state index in [1.54, 1.807) is 11.3 Å². The molecule has 1 saturated heterocycles. The number of nitrogens with zero attached hydrogens (tertiary/aromatic N) is 5. The van der Waals surface area contributed by atoms with Crippen LogP contribution in [-0.4, -0.2) is 46.0 Å². The second kappa shape index (κ2) is 9.37. The van der Waals surface area contributed by atoms with Crippen LogP contribution in [0.25, 0.3) is 11.3 Å². The van der Waals surface area contributed by atoms with Crippen LogP contribution in [0.1, 0.15) is 16.8 Å². The van der Waals surface area contributed by atoms with Gasteiger partial charge in [0.1, 0.15) is 0 Å². The molecular weight excluding hydrogens is 402 g/mol. The Morgan fingerprint density at radius 3 is 2.35 bits per heavy atom. The van der Waals surface area contributed by atoms with Gasteiger partial charge >= 0.3 is 0 Å². The zero-order valence-corrected chi connectivity index (χ0v) is 18.2. The molecule has 0 bridgehead atoms. The molecule has 0 spiro atoms. The Labute approximate surface area is 187 Å². The Kier molecular flexibility index (Phi) is 6.00. The SMILES string of the molecule is c1ccc(Cc2cnc(N3CCN(Cc4cccc(-c5ccsc5)n4)CC3)nc2)cc1. The van der Waals surface area contributed by atoms with Crippen molar-refractivity contribution in [1.82, 2.24) is 19.9 Å². The fourth-order valence-electron chi connectivity index (χ4n) is 3.91. The van der Waals surface area contributed by atoms with Gasteiger partial charge in [0.25, 0.3) is 0 Å². The van der Waals surface area contributed by atoms with Crippen molar-refractivity contribution in [3.8, 4) is 11.3 Å². The number of hydrogen-bond donors (Lipinski definition) is 0. The molecule has 156 valence electrons. The zero-order chi connectivity index (χ0) is 20.9. The van der Waals surface area contributed by atoms with E-state index in [9.17, 15) is 0 Å². The molecule has 1 aliphatic heterocycles. The molecule has 31 heavy (non-hydrogen) atoms. The normalized spacial score (nSPS) is 14.6. The van der Waals surface area contributed by atoms with E-state index >= 15 is 0 Å². The second-order valence-corrected chi connectivity index (χ2v) is 8.62. The molecule has 4 heterocycles. The molecule has 6 heteroatoms. The fraction of sp³-hybridized carbons (Fsp3) is 0.240. The highest BCUT2D eigenvalue weighted by molar-refractivity contribution is 7.08. The van der Waals surface area contributed by atoms with Gasteiger partial charge in [-0.15, -0.1) is 0 Å². The van der Waals surface area contributed by atoms with Crippen LogP contribution in [0.3, 0.4) is 0 Å². The molecular formula is C25H25N5S. The maximum absolute atomic E-state index is 4.86. The highest BCUT2D eigenvalue weighted by Gasteiger charge is 2.19. The van der Waals surface area contributed by atoms with Crippen molar-refractivity contribution in [2.24, 2.45) is 0 Å². The summed E-state index contributed by atoms with van der Waals surface area (Å²) in [5, 5.41) is 4.25. The first kappa shape index (κ1) is 19.8. The lowest BCUT2D eigenvalue weighted by Gasteiger charge is -2.34. The molecule has 0 unspecified atom stereocenters. The topological polar surface area (TPSA) is 45.2 Å². The average Bonchev–Trinajstić information content (AvgIpc) is 3.36. The number of thiophene rings is 1. The lowest BCUT2D eigenvalue weighted by Crippen LogP contribution is -2.46. The molecule has 1 aromatic carbocycles. The van der Waals surface area contributed by atoms with Crippen LogP contribution in [0.5, 0.6) is 0 Å². The van der Waals surface area contributed by atoms with Crippen molar-refractivity contribution in [2.45, 2.75) is 13.0 Å². The van der Waals surface area contributed by atoms with Gasteiger partial charge < -0.3 is 4.90 Å². The molecule has 4 aromatic rings. The van der Waals surface area contributed by atoms with Gasteiger partial charge in [0.15, 0.2) is 0 Å². The van der Waals surface area contributed by atoms with Crippen LogP contribution in [-0.2, 0) is 13.0 Å². The molecule has 5 nitrogen and oxygen atoms in total. The van der Waals surface area contributed by atoms with E-state index in [0.29, 0.717) is 0 Å². The lowest BCUT2D eigenvalue weighted by atomic mass is 10.1. The summed E-state index contributed by atoms with van der Waals surface area (Å²) in [5.74, 6) is 0.828. The molecule has 0 saturated carbocycles. The molecule has 1 fully saturated rings. The third-order valence-corrected chi connectivity index (χ3v) is 6.29. The van der Waals surface area contributed by atoms with Crippen LogP contribution in [0.4, 0.5) is 5.95 Å². The third-order valence-electron chi connectivity index (χ3n) is 5.61. The van der Waals surface area contributed by atoms with Crippen LogP contribution in [0.2, 0.25) is 0 Å². The summed E-state index contributed by atoms with van der Waals surface area (Å²) in [6, 6.07) is 18.9. The molecule has 0 aliphatic carbocycles. The Morgan fingerprint density at radius 1 is 0.806 bits per heavy atom. The summed E-state index contributed by atoms with van der Waals surface area (Å²) in [4.78, 5) is 18.9. The van der Waals surface area contributed by atoms with Gasteiger partial charge in [0, 0.05) is 62.5 Å². The number of piperazine rings is 1. The summed E-state index contributed by atoms with van der Waals surface area (Å²) in [6.07, 6.45) is 4.79. The number of benzene rings is 1. The summed E-state index contributed by atoms with van der Waals surface area (Å²) in [7, 11) is 0. The number of rotatable bonds is 6. The number of pyridine rings is 1. The van der Waals surface area contributed by atoms with Crippen molar-refractivity contribution in [2.75, 3.05) is 31.1 Å². The Hall–Kier alpha value is -3.09. The predicted octanol–water partition coefficient (Wildman–Crippen LogP) is 4.51. The standard InChI is InChI=1S/C25H25N5S/c1-2-5-20(6-3-1)15-21-16-26-25(27-17-21)30-12-10-29(11-13-30)18-23-7-4-8-24(28-23)22-9-14-31-19-22/h1-9,14,16-17,19H,10-13,15,18H2. The average molecular weight is 428 g/mol. The maximum Gasteiger partial charge on any atom is 0.225 e. The van der Waals surface area contributed by atoms with Gasteiger partial charge in [-0.2, -0.15) is 11.3 Å². The van der Waals surface area contributed by atoms with Gasteiger partial charge in [-0.3, -0.25) is 9.88 Å².